The number of aromatic nitrogens is 2. The Morgan fingerprint density at radius 2 is 2.00 bits per heavy atom. The predicted octanol–water partition coefficient (Wildman–Crippen LogP) is 4.29. The van der Waals surface area contributed by atoms with Crippen molar-refractivity contribution in [2.45, 2.75) is 26.7 Å². The van der Waals surface area contributed by atoms with E-state index in [1.54, 1.807) is 0 Å². The molecule has 0 saturated heterocycles. The molecule has 2 aromatic rings. The number of hydrogen-bond acceptors (Lipinski definition) is 3. The standard InChI is InChI=1S/C15H18BrN3/c1-3-8-17-15-10-13(18-14(4-2)19-15)11-6-5-7-12(16)9-11/h5-7,9-10H,3-4,8H2,1-2H3,(H,17,18,19). The molecule has 0 aliphatic rings. The maximum atomic E-state index is 4.60. The number of aryl methyl sites for hydroxylation is 1. The molecule has 0 atom stereocenters. The summed E-state index contributed by atoms with van der Waals surface area (Å²) in [6, 6.07) is 10.2. The highest BCUT2D eigenvalue weighted by Crippen LogP contribution is 2.23. The lowest BCUT2D eigenvalue weighted by Crippen LogP contribution is -2.05. The summed E-state index contributed by atoms with van der Waals surface area (Å²) in [7, 11) is 0. The van der Waals surface area contributed by atoms with E-state index in [0.717, 1.165) is 46.8 Å². The maximum absolute atomic E-state index is 4.60. The van der Waals surface area contributed by atoms with Crippen LogP contribution in [0.15, 0.2) is 34.8 Å². The average Bonchev–Trinajstić information content (AvgIpc) is 2.44. The monoisotopic (exact) mass is 319 g/mol. The van der Waals surface area contributed by atoms with Crippen LogP contribution in [0.25, 0.3) is 11.3 Å². The Labute approximate surface area is 122 Å². The van der Waals surface area contributed by atoms with Crippen LogP contribution in [0.2, 0.25) is 0 Å². The third-order valence-electron chi connectivity index (χ3n) is 2.77. The molecule has 1 heterocycles. The first kappa shape index (κ1) is 14.0. The van der Waals surface area contributed by atoms with E-state index < -0.39 is 0 Å². The smallest absolute Gasteiger partial charge is 0.131 e. The number of rotatable bonds is 5. The summed E-state index contributed by atoms with van der Waals surface area (Å²) < 4.78 is 1.06. The van der Waals surface area contributed by atoms with Gasteiger partial charge in [-0.05, 0) is 18.6 Å². The molecular formula is C15H18BrN3. The number of hydrogen-bond donors (Lipinski definition) is 1. The van der Waals surface area contributed by atoms with Crippen molar-refractivity contribution in [1.82, 2.24) is 9.97 Å². The highest BCUT2D eigenvalue weighted by molar-refractivity contribution is 9.10. The quantitative estimate of drug-likeness (QED) is 0.893. The van der Waals surface area contributed by atoms with Crippen molar-refractivity contribution < 1.29 is 0 Å². The van der Waals surface area contributed by atoms with Crippen LogP contribution in [0.5, 0.6) is 0 Å². The maximum Gasteiger partial charge on any atom is 0.131 e. The molecule has 3 nitrogen and oxygen atoms in total. The summed E-state index contributed by atoms with van der Waals surface area (Å²) in [6.45, 7) is 5.14. The second-order valence-corrected chi connectivity index (χ2v) is 5.26. The van der Waals surface area contributed by atoms with Gasteiger partial charge in [0.15, 0.2) is 0 Å². The zero-order chi connectivity index (χ0) is 13.7. The van der Waals surface area contributed by atoms with Crippen molar-refractivity contribution >= 4 is 21.7 Å². The third kappa shape index (κ3) is 3.77. The highest BCUT2D eigenvalue weighted by Gasteiger charge is 2.06. The molecule has 100 valence electrons. The summed E-state index contributed by atoms with van der Waals surface area (Å²) in [5.41, 5.74) is 2.07. The summed E-state index contributed by atoms with van der Waals surface area (Å²) in [4.78, 5) is 9.10. The van der Waals surface area contributed by atoms with Gasteiger partial charge in [0, 0.05) is 29.1 Å². The van der Waals surface area contributed by atoms with Crippen LogP contribution in [0.4, 0.5) is 5.82 Å². The molecule has 1 aromatic heterocycles. The Bertz CT molecular complexity index is 555. The number of nitrogens with one attached hydrogen (secondary N) is 1. The molecule has 0 fully saturated rings. The first-order valence-corrected chi connectivity index (χ1v) is 7.40. The molecule has 19 heavy (non-hydrogen) atoms. The first-order valence-electron chi connectivity index (χ1n) is 6.60. The van der Waals surface area contributed by atoms with Crippen molar-refractivity contribution in [2.75, 3.05) is 11.9 Å². The SMILES string of the molecule is CCCNc1cc(-c2cccc(Br)c2)nc(CC)n1. The minimum atomic E-state index is 0.836. The molecule has 0 bridgehead atoms. The second kappa shape index (κ2) is 6.66. The fourth-order valence-electron chi connectivity index (χ4n) is 1.79. The van der Waals surface area contributed by atoms with E-state index in [1.807, 2.05) is 18.2 Å². The minimum absolute atomic E-state index is 0.836. The van der Waals surface area contributed by atoms with Crippen LogP contribution >= 0.6 is 15.9 Å². The Kier molecular flexibility index (Phi) is 4.91. The topological polar surface area (TPSA) is 37.8 Å². The van der Waals surface area contributed by atoms with E-state index in [9.17, 15) is 0 Å². The van der Waals surface area contributed by atoms with Crippen molar-refractivity contribution in [3.05, 3.63) is 40.6 Å². The van der Waals surface area contributed by atoms with E-state index in [4.69, 9.17) is 0 Å². The van der Waals surface area contributed by atoms with Gasteiger partial charge >= 0.3 is 0 Å². The van der Waals surface area contributed by atoms with Crippen molar-refractivity contribution in [3.63, 3.8) is 0 Å². The fraction of sp³-hybridized carbons (Fsp3) is 0.333. The molecule has 2 rings (SSSR count). The normalized spacial score (nSPS) is 10.5. The zero-order valence-electron chi connectivity index (χ0n) is 11.3. The molecule has 0 spiro atoms. The van der Waals surface area contributed by atoms with Gasteiger partial charge in [-0.2, -0.15) is 0 Å². The average molecular weight is 320 g/mol. The van der Waals surface area contributed by atoms with Gasteiger partial charge in [0.1, 0.15) is 11.6 Å². The largest absolute Gasteiger partial charge is 0.370 e. The molecular weight excluding hydrogens is 302 g/mol. The van der Waals surface area contributed by atoms with Gasteiger partial charge < -0.3 is 5.32 Å². The van der Waals surface area contributed by atoms with Gasteiger partial charge in [-0.15, -0.1) is 0 Å². The summed E-state index contributed by atoms with van der Waals surface area (Å²) in [5.74, 6) is 1.78. The van der Waals surface area contributed by atoms with Crippen molar-refractivity contribution in [3.8, 4) is 11.3 Å². The summed E-state index contributed by atoms with van der Waals surface area (Å²) >= 11 is 3.50. The lowest BCUT2D eigenvalue weighted by molar-refractivity contribution is 0.919. The van der Waals surface area contributed by atoms with Crippen LogP contribution in [0.1, 0.15) is 26.1 Å². The van der Waals surface area contributed by atoms with Gasteiger partial charge in [-0.3, -0.25) is 0 Å². The van der Waals surface area contributed by atoms with E-state index >= 15 is 0 Å². The Hall–Kier alpha value is -1.42. The molecule has 1 N–H and O–H groups in total. The number of benzene rings is 1. The highest BCUT2D eigenvalue weighted by atomic mass is 79.9. The number of anilines is 1. The fourth-order valence-corrected chi connectivity index (χ4v) is 2.19. The van der Waals surface area contributed by atoms with Gasteiger partial charge in [0.25, 0.3) is 0 Å². The van der Waals surface area contributed by atoms with Crippen LogP contribution < -0.4 is 5.32 Å². The molecule has 0 aliphatic carbocycles. The summed E-state index contributed by atoms with van der Waals surface area (Å²) in [6.07, 6.45) is 1.92. The summed E-state index contributed by atoms with van der Waals surface area (Å²) in [5, 5.41) is 3.33. The minimum Gasteiger partial charge on any atom is -0.370 e. The third-order valence-corrected chi connectivity index (χ3v) is 3.26. The molecule has 0 unspecified atom stereocenters. The molecule has 0 aliphatic heterocycles. The Balaban J connectivity index is 2.38. The van der Waals surface area contributed by atoms with E-state index in [-0.39, 0.29) is 0 Å². The van der Waals surface area contributed by atoms with Crippen LogP contribution in [0.3, 0.4) is 0 Å². The Morgan fingerprint density at radius 3 is 2.68 bits per heavy atom. The van der Waals surface area contributed by atoms with Gasteiger partial charge in [-0.1, -0.05) is 41.9 Å². The predicted molar refractivity (Wildman–Crippen MR) is 83.3 cm³/mol. The van der Waals surface area contributed by atoms with Crippen molar-refractivity contribution in [1.29, 1.82) is 0 Å². The number of nitrogens with zero attached hydrogens (tertiary/aromatic N) is 2. The van der Waals surface area contributed by atoms with Gasteiger partial charge in [0.2, 0.25) is 0 Å². The number of halogens is 1. The van der Waals surface area contributed by atoms with Crippen LogP contribution in [-0.4, -0.2) is 16.5 Å². The van der Waals surface area contributed by atoms with Crippen LogP contribution in [0, 0.1) is 0 Å². The Morgan fingerprint density at radius 1 is 1.16 bits per heavy atom. The van der Waals surface area contributed by atoms with Crippen LogP contribution in [-0.2, 0) is 6.42 Å². The van der Waals surface area contributed by atoms with E-state index in [0.29, 0.717) is 0 Å². The van der Waals surface area contributed by atoms with E-state index in [2.05, 4.69) is 57.2 Å². The van der Waals surface area contributed by atoms with Crippen molar-refractivity contribution in [2.24, 2.45) is 0 Å². The molecule has 0 saturated carbocycles. The lowest BCUT2D eigenvalue weighted by Gasteiger charge is -2.09. The van der Waals surface area contributed by atoms with Gasteiger partial charge in [0.05, 0.1) is 5.69 Å². The lowest BCUT2D eigenvalue weighted by atomic mass is 10.1. The molecule has 4 heteroatoms. The molecule has 1 aromatic carbocycles. The molecule has 0 radical (unpaired) electrons. The first-order chi connectivity index (χ1) is 9.22. The van der Waals surface area contributed by atoms with E-state index in [1.165, 1.54) is 0 Å². The van der Waals surface area contributed by atoms with Gasteiger partial charge in [-0.25, -0.2) is 9.97 Å². The second-order valence-electron chi connectivity index (χ2n) is 4.35. The zero-order valence-corrected chi connectivity index (χ0v) is 12.9. The molecule has 0 amide bonds.